The van der Waals surface area contributed by atoms with Gasteiger partial charge in [0, 0.05) is 39.1 Å². The Bertz CT molecular complexity index is 647. The lowest BCUT2D eigenvalue weighted by atomic mass is 9.90. The average Bonchev–Trinajstić information content (AvgIpc) is 2.82. The number of hydrogen-bond donors (Lipinski definition) is 0. The van der Waals surface area contributed by atoms with Crippen LogP contribution < -0.4 is 4.90 Å². The van der Waals surface area contributed by atoms with Crippen LogP contribution in [0.5, 0.6) is 0 Å². The van der Waals surface area contributed by atoms with Crippen LogP contribution in [-0.2, 0) is 0 Å². The molecule has 0 saturated carbocycles. The summed E-state index contributed by atoms with van der Waals surface area (Å²) in [5.74, 6) is 0. The highest BCUT2D eigenvalue weighted by Gasteiger charge is 2.35. The zero-order chi connectivity index (χ0) is 13.5. The van der Waals surface area contributed by atoms with Gasteiger partial charge in [0.2, 0.25) is 5.54 Å². The van der Waals surface area contributed by atoms with Crippen LogP contribution in [0.25, 0.3) is 10.4 Å². The fourth-order valence-electron chi connectivity index (χ4n) is 2.58. The lowest BCUT2D eigenvalue weighted by Gasteiger charge is -2.33. The summed E-state index contributed by atoms with van der Waals surface area (Å²) in [7, 11) is 0. The molecule has 0 N–H and O–H groups in total. The zero-order valence-corrected chi connectivity index (χ0v) is 12.4. The number of rotatable bonds is 1. The normalized spacial score (nSPS) is 18.5. The van der Waals surface area contributed by atoms with Crippen LogP contribution in [0, 0.1) is 6.57 Å². The van der Waals surface area contributed by atoms with E-state index in [0.29, 0.717) is 0 Å². The molecule has 2 aromatic rings. The number of hydrogen-bond acceptors (Lipinski definition) is 2. The maximum atomic E-state index is 7.29. The van der Waals surface area contributed by atoms with Crippen molar-refractivity contribution in [2.75, 3.05) is 18.0 Å². The highest BCUT2D eigenvalue weighted by atomic mass is 79.9. The van der Waals surface area contributed by atoms with E-state index in [0.717, 1.165) is 35.9 Å². The molecule has 4 nitrogen and oxygen atoms in total. The summed E-state index contributed by atoms with van der Waals surface area (Å²) >= 11 is 3.56. The van der Waals surface area contributed by atoms with Gasteiger partial charge in [-0.2, -0.15) is 5.10 Å². The van der Waals surface area contributed by atoms with Crippen LogP contribution in [0.4, 0.5) is 5.69 Å². The predicted molar refractivity (Wildman–Crippen MR) is 79.3 cm³/mol. The number of halogens is 1. The second-order valence-corrected chi connectivity index (χ2v) is 6.13. The zero-order valence-electron chi connectivity index (χ0n) is 10.8. The minimum absolute atomic E-state index is 0.182. The highest BCUT2D eigenvalue weighted by molar-refractivity contribution is 9.10. The summed E-state index contributed by atoms with van der Waals surface area (Å²) < 4.78 is 2.91. The van der Waals surface area contributed by atoms with Crippen molar-refractivity contribution >= 4 is 27.1 Å². The molecule has 0 unspecified atom stereocenters. The molecule has 98 valence electrons. The van der Waals surface area contributed by atoms with E-state index in [1.54, 1.807) is 0 Å². The number of fused-ring (bicyclic) bond motifs is 1. The van der Waals surface area contributed by atoms with Crippen LogP contribution in [0.2, 0.25) is 0 Å². The van der Waals surface area contributed by atoms with E-state index in [1.807, 2.05) is 23.0 Å². The van der Waals surface area contributed by atoms with Crippen LogP contribution in [-0.4, -0.2) is 28.2 Å². The minimum atomic E-state index is -0.182. The Labute approximate surface area is 121 Å². The van der Waals surface area contributed by atoms with Crippen molar-refractivity contribution < 1.29 is 0 Å². The van der Waals surface area contributed by atoms with Gasteiger partial charge < -0.3 is 9.74 Å². The largest absolute Gasteiger partial charge is 0.369 e. The third kappa shape index (κ3) is 2.10. The molecule has 1 aliphatic rings. The Morgan fingerprint density at radius 2 is 2.16 bits per heavy atom. The van der Waals surface area contributed by atoms with Crippen molar-refractivity contribution in [2.24, 2.45) is 0 Å². The molecular weight excluding hydrogens is 304 g/mol. The molecule has 0 spiro atoms. The van der Waals surface area contributed by atoms with Gasteiger partial charge in [-0.1, -0.05) is 0 Å². The first-order chi connectivity index (χ1) is 9.13. The number of pyridine rings is 1. The van der Waals surface area contributed by atoms with Crippen molar-refractivity contribution in [3.05, 3.63) is 40.4 Å². The van der Waals surface area contributed by atoms with Crippen LogP contribution in [0.3, 0.4) is 0 Å². The quantitative estimate of drug-likeness (QED) is 0.753. The molecule has 0 aromatic carbocycles. The summed E-state index contributed by atoms with van der Waals surface area (Å²) in [6.45, 7) is 11.2. The van der Waals surface area contributed by atoms with Gasteiger partial charge in [0.15, 0.2) is 0 Å². The highest BCUT2D eigenvalue weighted by Crippen LogP contribution is 2.33. The topological polar surface area (TPSA) is 24.9 Å². The summed E-state index contributed by atoms with van der Waals surface area (Å²) in [5, 5.41) is 4.31. The van der Waals surface area contributed by atoms with Crippen molar-refractivity contribution in [3.63, 3.8) is 0 Å². The monoisotopic (exact) mass is 318 g/mol. The summed E-state index contributed by atoms with van der Waals surface area (Å²) in [6.07, 6.45) is 5.62. The molecule has 0 bridgehead atoms. The molecule has 3 rings (SSSR count). The van der Waals surface area contributed by atoms with E-state index in [4.69, 9.17) is 6.57 Å². The molecule has 2 aromatic heterocycles. The van der Waals surface area contributed by atoms with E-state index in [1.165, 1.54) is 5.69 Å². The first-order valence-corrected chi connectivity index (χ1v) is 7.18. The second kappa shape index (κ2) is 4.53. The van der Waals surface area contributed by atoms with Gasteiger partial charge in [-0.15, -0.1) is 0 Å². The molecule has 1 saturated heterocycles. The van der Waals surface area contributed by atoms with Gasteiger partial charge in [0.25, 0.3) is 0 Å². The molecule has 19 heavy (non-hydrogen) atoms. The van der Waals surface area contributed by atoms with Crippen molar-refractivity contribution in [3.8, 4) is 0 Å². The van der Waals surface area contributed by atoms with E-state index >= 15 is 0 Å². The van der Waals surface area contributed by atoms with E-state index in [2.05, 4.69) is 43.8 Å². The Kier molecular flexibility index (Phi) is 2.98. The summed E-state index contributed by atoms with van der Waals surface area (Å²) in [6, 6.07) is 4.15. The van der Waals surface area contributed by atoms with Crippen molar-refractivity contribution in [1.82, 2.24) is 9.61 Å². The molecule has 1 fully saturated rings. The average molecular weight is 319 g/mol. The van der Waals surface area contributed by atoms with E-state index in [-0.39, 0.29) is 5.54 Å². The third-order valence-electron chi connectivity index (χ3n) is 3.93. The standard InChI is InChI=1S/C14H15BrN4/c1-14(16-2)5-8-18(9-6-14)12-4-3-7-19-13(12)11(15)10-17-19/h3-4,7,10H,5-6,8-9H2,1H3. The Morgan fingerprint density at radius 3 is 2.84 bits per heavy atom. The number of aromatic nitrogens is 2. The van der Waals surface area contributed by atoms with Gasteiger partial charge in [-0.05, 0) is 28.1 Å². The number of piperidine rings is 1. The molecule has 0 radical (unpaired) electrons. The summed E-state index contributed by atoms with van der Waals surface area (Å²) in [4.78, 5) is 6.13. The van der Waals surface area contributed by atoms with Crippen LogP contribution in [0.15, 0.2) is 29.0 Å². The smallest absolute Gasteiger partial charge is 0.233 e. The Hall–Kier alpha value is -1.54. The van der Waals surface area contributed by atoms with Gasteiger partial charge in [-0.25, -0.2) is 11.1 Å². The maximum Gasteiger partial charge on any atom is 0.233 e. The molecule has 0 atom stereocenters. The van der Waals surface area contributed by atoms with Crippen molar-refractivity contribution in [2.45, 2.75) is 25.3 Å². The van der Waals surface area contributed by atoms with Gasteiger partial charge >= 0.3 is 0 Å². The van der Waals surface area contributed by atoms with Gasteiger partial charge in [0.1, 0.15) is 5.52 Å². The Morgan fingerprint density at radius 1 is 1.42 bits per heavy atom. The van der Waals surface area contributed by atoms with Crippen LogP contribution >= 0.6 is 15.9 Å². The molecular formula is C14H15BrN4. The summed E-state index contributed by atoms with van der Waals surface area (Å²) in [5.41, 5.74) is 2.12. The fraction of sp³-hybridized carbons (Fsp3) is 0.429. The maximum absolute atomic E-state index is 7.29. The van der Waals surface area contributed by atoms with Crippen LogP contribution in [0.1, 0.15) is 19.8 Å². The fourth-order valence-corrected chi connectivity index (χ4v) is 3.06. The van der Waals surface area contributed by atoms with Gasteiger partial charge in [0.05, 0.1) is 16.4 Å². The van der Waals surface area contributed by atoms with Gasteiger partial charge in [-0.3, -0.25) is 0 Å². The van der Waals surface area contributed by atoms with Crippen molar-refractivity contribution in [1.29, 1.82) is 0 Å². The first-order valence-electron chi connectivity index (χ1n) is 6.38. The second-order valence-electron chi connectivity index (χ2n) is 5.27. The number of anilines is 1. The third-order valence-corrected chi connectivity index (χ3v) is 4.51. The lowest BCUT2D eigenvalue weighted by Crippen LogP contribution is -2.40. The SMILES string of the molecule is [C-]#[N+]C1(C)CCN(c2cccn3ncc(Br)c23)CC1. The molecule has 1 aliphatic heterocycles. The first kappa shape index (κ1) is 12.5. The molecule has 0 amide bonds. The van der Waals surface area contributed by atoms with E-state index in [9.17, 15) is 0 Å². The molecule has 0 aliphatic carbocycles. The number of nitrogens with zero attached hydrogens (tertiary/aromatic N) is 4. The lowest BCUT2D eigenvalue weighted by molar-refractivity contribution is 0.421. The van der Waals surface area contributed by atoms with E-state index < -0.39 is 0 Å². The molecule has 5 heteroatoms. The minimum Gasteiger partial charge on any atom is -0.369 e. The molecule has 3 heterocycles. The predicted octanol–water partition coefficient (Wildman–Crippen LogP) is 3.37. The Balaban J connectivity index is 1.94.